The molecule has 2 bridgehead atoms. The van der Waals surface area contributed by atoms with Crippen LogP contribution in [0.5, 0.6) is 11.5 Å². The van der Waals surface area contributed by atoms with Crippen LogP contribution in [-0.4, -0.2) is 35.6 Å². The van der Waals surface area contributed by atoms with Gasteiger partial charge in [-0.25, -0.2) is 0 Å². The van der Waals surface area contributed by atoms with E-state index in [1.54, 1.807) is 13.0 Å². The molecular formula is C20H18BrClN2O5. The number of halogens is 2. The van der Waals surface area contributed by atoms with Gasteiger partial charge in [-0.3, -0.25) is 14.4 Å². The smallest absolute Gasteiger partial charge is 0.308 e. The van der Waals surface area contributed by atoms with Crippen molar-refractivity contribution < 1.29 is 23.9 Å². The molecule has 1 saturated carbocycles. The fourth-order valence-electron chi connectivity index (χ4n) is 4.32. The number of hydrazone groups is 1. The van der Waals surface area contributed by atoms with E-state index in [4.69, 9.17) is 21.1 Å². The van der Waals surface area contributed by atoms with Gasteiger partial charge in [0.2, 0.25) is 0 Å². The second-order valence-corrected chi connectivity index (χ2v) is 8.35. The van der Waals surface area contributed by atoms with E-state index in [9.17, 15) is 14.4 Å². The van der Waals surface area contributed by atoms with Crippen molar-refractivity contribution in [2.45, 2.75) is 20.3 Å². The van der Waals surface area contributed by atoms with Crippen LogP contribution in [-0.2, 0) is 14.4 Å². The van der Waals surface area contributed by atoms with Crippen LogP contribution in [0.25, 0.3) is 0 Å². The van der Waals surface area contributed by atoms with E-state index in [0.29, 0.717) is 16.6 Å². The van der Waals surface area contributed by atoms with Gasteiger partial charge in [-0.1, -0.05) is 23.8 Å². The Bertz CT molecular complexity index is 946. The lowest BCUT2D eigenvalue weighted by molar-refractivity contribution is -0.140. The molecule has 1 heterocycles. The van der Waals surface area contributed by atoms with Crippen LogP contribution in [0.15, 0.2) is 27.8 Å². The number of carbonyl (C=O) groups is 3. The molecule has 7 nitrogen and oxygen atoms in total. The maximum atomic E-state index is 12.7. The first-order valence-electron chi connectivity index (χ1n) is 9.26. The molecule has 1 saturated heterocycles. The summed E-state index contributed by atoms with van der Waals surface area (Å²) in [6.07, 6.45) is 6.30. The first-order chi connectivity index (χ1) is 13.8. The van der Waals surface area contributed by atoms with Crippen LogP contribution >= 0.6 is 27.5 Å². The Morgan fingerprint density at radius 1 is 1.31 bits per heavy atom. The minimum atomic E-state index is -0.538. The van der Waals surface area contributed by atoms with Gasteiger partial charge in [-0.2, -0.15) is 10.1 Å². The lowest BCUT2D eigenvalue weighted by atomic mass is 9.85. The monoisotopic (exact) mass is 480 g/mol. The summed E-state index contributed by atoms with van der Waals surface area (Å²) in [6, 6.07) is 1.58. The largest absolute Gasteiger partial charge is 0.490 e. The summed E-state index contributed by atoms with van der Waals surface area (Å²) in [5.74, 6) is -1.10. The van der Waals surface area contributed by atoms with E-state index in [0.717, 1.165) is 11.4 Å². The first kappa shape index (κ1) is 20.1. The molecule has 0 unspecified atom stereocenters. The Morgan fingerprint density at radius 2 is 1.93 bits per heavy atom. The summed E-state index contributed by atoms with van der Waals surface area (Å²) in [7, 11) is 0. The molecule has 4 rings (SSSR count). The normalized spacial score (nSPS) is 27.2. The number of amides is 2. The molecule has 0 spiro atoms. The molecule has 0 N–H and O–H groups in total. The van der Waals surface area contributed by atoms with Crippen LogP contribution in [0.4, 0.5) is 0 Å². The molecule has 29 heavy (non-hydrogen) atoms. The Morgan fingerprint density at radius 3 is 2.48 bits per heavy atom. The maximum absolute atomic E-state index is 12.7. The Balaban J connectivity index is 1.64. The fourth-order valence-corrected chi connectivity index (χ4v) is 4.96. The molecule has 3 aliphatic rings. The second-order valence-electron chi connectivity index (χ2n) is 7.18. The van der Waals surface area contributed by atoms with Crippen molar-refractivity contribution in [3.8, 4) is 11.5 Å². The number of carbonyl (C=O) groups excluding carboxylic acids is 3. The van der Waals surface area contributed by atoms with Crippen LogP contribution in [0.1, 0.15) is 25.8 Å². The van der Waals surface area contributed by atoms with Crippen LogP contribution in [0.3, 0.4) is 0 Å². The highest BCUT2D eigenvalue weighted by atomic mass is 79.9. The topological polar surface area (TPSA) is 85.3 Å². The molecule has 4 atom stereocenters. The van der Waals surface area contributed by atoms with Gasteiger partial charge in [0.1, 0.15) is 5.02 Å². The Kier molecular flexibility index (Phi) is 5.25. The third-order valence-corrected chi connectivity index (χ3v) is 6.90. The van der Waals surface area contributed by atoms with Crippen molar-refractivity contribution >= 4 is 51.5 Å². The number of hydrogen-bond donors (Lipinski definition) is 0. The van der Waals surface area contributed by atoms with Gasteiger partial charge in [0.05, 0.1) is 24.7 Å². The van der Waals surface area contributed by atoms with E-state index in [-0.39, 0.29) is 52.0 Å². The van der Waals surface area contributed by atoms with Crippen LogP contribution in [0, 0.1) is 23.7 Å². The summed E-state index contributed by atoms with van der Waals surface area (Å²) in [6.45, 7) is 3.37. The minimum absolute atomic E-state index is 0.0931. The molecule has 9 heteroatoms. The van der Waals surface area contributed by atoms with Crippen molar-refractivity contribution in [1.82, 2.24) is 5.01 Å². The number of rotatable bonds is 5. The number of benzene rings is 1. The van der Waals surface area contributed by atoms with Gasteiger partial charge in [-0.15, -0.1) is 0 Å². The SMILES string of the molecule is CCOc1cc(C=NN2C(=O)[C@@H]3[C@H](C2=O)[C@H]2C=C[C@H]3C2)c(Br)c(Cl)c1OC(C)=O. The van der Waals surface area contributed by atoms with Crippen molar-refractivity contribution in [2.75, 3.05) is 6.61 Å². The van der Waals surface area contributed by atoms with Crippen LogP contribution < -0.4 is 9.47 Å². The molecule has 0 radical (unpaired) electrons. The number of allylic oxidation sites excluding steroid dienone is 2. The van der Waals surface area contributed by atoms with E-state index in [1.807, 2.05) is 12.2 Å². The van der Waals surface area contributed by atoms with Gasteiger partial charge >= 0.3 is 5.97 Å². The summed E-state index contributed by atoms with van der Waals surface area (Å²) in [5, 5.41) is 5.25. The van der Waals surface area contributed by atoms with Crippen molar-refractivity contribution in [3.63, 3.8) is 0 Å². The molecule has 2 amide bonds. The van der Waals surface area contributed by atoms with Gasteiger partial charge in [0.25, 0.3) is 11.8 Å². The summed E-state index contributed by atoms with van der Waals surface area (Å²) < 4.78 is 11.1. The molecular weight excluding hydrogens is 464 g/mol. The standard InChI is InChI=1S/C20H18BrClN2O5/c1-3-28-13-7-12(16(21)17(22)18(13)29-9(2)25)8-23-24-19(26)14-10-4-5-11(6-10)15(14)20(24)27/h4-5,7-8,10-11,14-15H,3,6H2,1-2H3/t10-,11-,14-,15+/m0/s1. The van der Waals surface area contributed by atoms with E-state index < -0.39 is 5.97 Å². The maximum Gasteiger partial charge on any atom is 0.308 e. The molecule has 2 aliphatic carbocycles. The number of nitrogens with zero attached hydrogens (tertiary/aromatic N) is 2. The molecule has 0 aromatic heterocycles. The minimum Gasteiger partial charge on any atom is -0.490 e. The predicted octanol–water partition coefficient (Wildman–Crippen LogP) is 3.57. The van der Waals surface area contributed by atoms with Crippen LogP contribution in [0.2, 0.25) is 5.02 Å². The fraction of sp³-hybridized carbons (Fsp3) is 0.400. The predicted molar refractivity (Wildman–Crippen MR) is 109 cm³/mol. The molecule has 1 aromatic carbocycles. The average molecular weight is 482 g/mol. The third-order valence-electron chi connectivity index (χ3n) is 5.46. The van der Waals surface area contributed by atoms with Gasteiger partial charge < -0.3 is 9.47 Å². The van der Waals surface area contributed by atoms with Crippen molar-refractivity contribution in [1.29, 1.82) is 0 Å². The Labute approximate surface area is 180 Å². The van der Waals surface area contributed by atoms with Crippen molar-refractivity contribution in [3.05, 3.63) is 33.3 Å². The third kappa shape index (κ3) is 3.28. The number of hydrogen-bond acceptors (Lipinski definition) is 6. The van der Waals surface area contributed by atoms with E-state index in [1.165, 1.54) is 13.1 Å². The molecule has 1 aliphatic heterocycles. The van der Waals surface area contributed by atoms with Gasteiger partial charge in [0, 0.05) is 17.0 Å². The summed E-state index contributed by atoms with van der Waals surface area (Å²) >= 11 is 9.69. The number of ether oxygens (including phenoxy) is 2. The highest BCUT2D eigenvalue weighted by molar-refractivity contribution is 9.10. The quantitative estimate of drug-likeness (QED) is 0.211. The zero-order valence-electron chi connectivity index (χ0n) is 15.7. The lowest BCUT2D eigenvalue weighted by Crippen LogP contribution is -2.28. The Hall–Kier alpha value is -2.19. The zero-order chi connectivity index (χ0) is 20.9. The summed E-state index contributed by atoms with van der Waals surface area (Å²) in [4.78, 5) is 36.9. The average Bonchev–Trinajstić information content (AvgIpc) is 3.35. The van der Waals surface area contributed by atoms with E-state index >= 15 is 0 Å². The number of imide groups is 1. The molecule has 1 aromatic rings. The molecule has 2 fully saturated rings. The highest BCUT2D eigenvalue weighted by Crippen LogP contribution is 2.52. The van der Waals surface area contributed by atoms with E-state index in [2.05, 4.69) is 21.0 Å². The zero-order valence-corrected chi connectivity index (χ0v) is 18.1. The molecule has 152 valence electrons. The second kappa shape index (κ2) is 7.57. The van der Waals surface area contributed by atoms with Gasteiger partial charge in [-0.05, 0) is 47.2 Å². The lowest BCUT2D eigenvalue weighted by Gasteiger charge is -2.15. The summed E-state index contributed by atoms with van der Waals surface area (Å²) in [5.41, 5.74) is 0.480. The van der Waals surface area contributed by atoms with Crippen molar-refractivity contribution in [2.24, 2.45) is 28.8 Å². The highest BCUT2D eigenvalue weighted by Gasteiger charge is 2.59. The van der Waals surface area contributed by atoms with Gasteiger partial charge in [0.15, 0.2) is 11.5 Å². The number of esters is 1. The number of fused-ring (bicyclic) bond motifs is 5. The first-order valence-corrected chi connectivity index (χ1v) is 10.4.